The minimum atomic E-state index is -1.26. The van der Waals surface area contributed by atoms with E-state index in [4.69, 9.17) is 9.47 Å². The molecule has 0 aliphatic heterocycles. The summed E-state index contributed by atoms with van der Waals surface area (Å²) in [5, 5.41) is 14.4. The molecule has 0 spiro atoms. The van der Waals surface area contributed by atoms with Gasteiger partial charge in [0, 0.05) is 13.0 Å². The summed E-state index contributed by atoms with van der Waals surface area (Å²) < 4.78 is 10.6. The summed E-state index contributed by atoms with van der Waals surface area (Å²) in [6.07, 6.45) is 0.0983. The first-order chi connectivity index (χ1) is 15.9. The van der Waals surface area contributed by atoms with E-state index in [1.54, 1.807) is 0 Å². The number of hydrogen-bond donors (Lipinski definition) is 3. The second-order valence-corrected chi connectivity index (χ2v) is 8.07. The van der Waals surface area contributed by atoms with Gasteiger partial charge < -0.3 is 25.2 Å². The van der Waals surface area contributed by atoms with E-state index in [-0.39, 0.29) is 18.6 Å². The smallest absolute Gasteiger partial charge is 0.407 e. The van der Waals surface area contributed by atoms with E-state index in [1.165, 1.54) is 7.11 Å². The van der Waals surface area contributed by atoms with E-state index in [0.717, 1.165) is 28.7 Å². The number of amides is 2. The quantitative estimate of drug-likeness (QED) is 0.480. The molecule has 1 aliphatic carbocycles. The highest BCUT2D eigenvalue weighted by Gasteiger charge is 2.30. The summed E-state index contributed by atoms with van der Waals surface area (Å²) in [6, 6.07) is 14.4. The Balaban J connectivity index is 1.65. The van der Waals surface area contributed by atoms with Crippen molar-refractivity contribution in [3.63, 3.8) is 0 Å². The van der Waals surface area contributed by atoms with Gasteiger partial charge in [0.2, 0.25) is 5.91 Å². The van der Waals surface area contributed by atoms with Crippen molar-refractivity contribution in [1.29, 1.82) is 0 Å². The Morgan fingerprint density at radius 2 is 1.61 bits per heavy atom. The second-order valence-electron chi connectivity index (χ2n) is 8.07. The van der Waals surface area contributed by atoms with Crippen LogP contribution >= 0.6 is 0 Å². The third-order valence-electron chi connectivity index (χ3n) is 5.68. The average molecular weight is 455 g/mol. The van der Waals surface area contributed by atoms with Gasteiger partial charge in [0.25, 0.3) is 0 Å². The number of carboxylic acids is 1. The molecular weight excluding hydrogens is 424 g/mol. The van der Waals surface area contributed by atoms with Crippen LogP contribution in [0.5, 0.6) is 0 Å². The van der Waals surface area contributed by atoms with E-state index < -0.39 is 30.4 Å². The van der Waals surface area contributed by atoms with Crippen LogP contribution in [0.2, 0.25) is 0 Å². The van der Waals surface area contributed by atoms with Gasteiger partial charge in [-0.3, -0.25) is 9.59 Å². The number of fused-ring (bicyclic) bond motifs is 3. The molecule has 8 nitrogen and oxygen atoms in total. The maximum Gasteiger partial charge on any atom is 0.407 e. The van der Waals surface area contributed by atoms with Crippen LogP contribution < -0.4 is 10.6 Å². The number of nitrogens with one attached hydrogen (secondary N) is 2. The van der Waals surface area contributed by atoms with Gasteiger partial charge in [-0.1, -0.05) is 61.9 Å². The molecule has 2 unspecified atom stereocenters. The lowest BCUT2D eigenvalue weighted by Crippen LogP contribution is -2.51. The van der Waals surface area contributed by atoms with Gasteiger partial charge in [-0.05, 0) is 28.7 Å². The molecule has 0 saturated heterocycles. The molecular formula is C25H30N2O6. The zero-order valence-electron chi connectivity index (χ0n) is 18.9. The molecule has 0 saturated carbocycles. The minimum absolute atomic E-state index is 0.0728. The maximum absolute atomic E-state index is 12.7. The topological polar surface area (TPSA) is 114 Å². The summed E-state index contributed by atoms with van der Waals surface area (Å²) >= 11 is 0. The predicted molar refractivity (Wildman–Crippen MR) is 123 cm³/mol. The Morgan fingerprint density at radius 3 is 2.15 bits per heavy atom. The van der Waals surface area contributed by atoms with E-state index in [9.17, 15) is 19.5 Å². The SMILES string of the molecule is CCCC(COC)NC(=O)C(CC(=O)O)NC(=O)OCC1c2ccccc2-c2ccccc21. The summed E-state index contributed by atoms with van der Waals surface area (Å²) in [5.41, 5.74) is 4.33. The molecule has 2 atom stereocenters. The number of aliphatic carboxylic acids is 1. The van der Waals surface area contributed by atoms with E-state index in [2.05, 4.69) is 10.6 Å². The highest BCUT2D eigenvalue weighted by Crippen LogP contribution is 2.44. The second kappa shape index (κ2) is 11.5. The first-order valence-corrected chi connectivity index (χ1v) is 11.1. The summed E-state index contributed by atoms with van der Waals surface area (Å²) in [5.74, 6) is -1.92. The largest absolute Gasteiger partial charge is 0.481 e. The molecule has 1 aliphatic rings. The number of rotatable bonds is 11. The number of benzene rings is 2. The summed E-state index contributed by atoms with van der Waals surface area (Å²) in [7, 11) is 1.53. The molecule has 3 rings (SSSR count). The molecule has 0 fully saturated rings. The standard InChI is InChI=1S/C25H30N2O6/c1-3-8-16(14-32-2)26-24(30)22(13-23(28)29)27-25(31)33-15-21-19-11-6-4-9-17(19)18-10-5-7-12-20(18)21/h4-7,9-12,16,21-22H,3,8,13-15H2,1-2H3,(H,26,30)(H,27,31)(H,28,29). The third kappa shape index (κ3) is 6.10. The number of ether oxygens (including phenoxy) is 2. The van der Waals surface area contributed by atoms with Crippen LogP contribution in [-0.2, 0) is 19.1 Å². The van der Waals surface area contributed by atoms with Crippen molar-refractivity contribution in [2.45, 2.75) is 44.2 Å². The maximum atomic E-state index is 12.7. The average Bonchev–Trinajstić information content (AvgIpc) is 3.11. The van der Waals surface area contributed by atoms with E-state index in [0.29, 0.717) is 13.0 Å². The van der Waals surface area contributed by atoms with Crippen LogP contribution in [0.4, 0.5) is 4.79 Å². The number of carbonyl (C=O) groups excluding carboxylic acids is 2. The van der Waals surface area contributed by atoms with Crippen LogP contribution in [0.25, 0.3) is 11.1 Å². The van der Waals surface area contributed by atoms with Gasteiger partial charge in [0.15, 0.2) is 0 Å². The van der Waals surface area contributed by atoms with Gasteiger partial charge in [0.05, 0.1) is 19.1 Å². The fourth-order valence-corrected chi connectivity index (χ4v) is 4.21. The van der Waals surface area contributed by atoms with Crippen LogP contribution in [0.3, 0.4) is 0 Å². The summed E-state index contributed by atoms with van der Waals surface area (Å²) in [6.45, 7) is 2.34. The van der Waals surface area contributed by atoms with Crippen molar-refractivity contribution in [1.82, 2.24) is 10.6 Å². The highest BCUT2D eigenvalue weighted by atomic mass is 16.5. The molecule has 2 aromatic carbocycles. The van der Waals surface area contributed by atoms with Crippen LogP contribution in [0.15, 0.2) is 48.5 Å². The molecule has 2 amide bonds. The number of methoxy groups -OCH3 is 1. The molecule has 0 aromatic heterocycles. The Kier molecular flexibility index (Phi) is 8.43. The molecule has 33 heavy (non-hydrogen) atoms. The Morgan fingerprint density at radius 1 is 1.00 bits per heavy atom. The van der Waals surface area contributed by atoms with Gasteiger partial charge in [0.1, 0.15) is 12.6 Å². The fourth-order valence-electron chi connectivity index (χ4n) is 4.21. The normalized spacial score (nSPS) is 14.0. The zero-order valence-corrected chi connectivity index (χ0v) is 18.9. The molecule has 0 heterocycles. The fraction of sp³-hybridized carbons (Fsp3) is 0.400. The Labute approximate surface area is 193 Å². The summed E-state index contributed by atoms with van der Waals surface area (Å²) in [4.78, 5) is 36.5. The third-order valence-corrected chi connectivity index (χ3v) is 5.68. The van der Waals surface area contributed by atoms with Crippen molar-refractivity contribution in [2.75, 3.05) is 20.3 Å². The van der Waals surface area contributed by atoms with E-state index in [1.807, 2.05) is 55.5 Å². The molecule has 0 bridgehead atoms. The van der Waals surface area contributed by atoms with Crippen molar-refractivity contribution in [3.05, 3.63) is 59.7 Å². The van der Waals surface area contributed by atoms with Gasteiger partial charge >= 0.3 is 12.1 Å². The number of carbonyl (C=O) groups is 3. The lowest BCUT2D eigenvalue weighted by Gasteiger charge is -2.22. The van der Waals surface area contributed by atoms with Gasteiger partial charge in [-0.15, -0.1) is 0 Å². The minimum Gasteiger partial charge on any atom is -0.481 e. The van der Waals surface area contributed by atoms with Crippen molar-refractivity contribution in [2.24, 2.45) is 0 Å². The van der Waals surface area contributed by atoms with E-state index >= 15 is 0 Å². The van der Waals surface area contributed by atoms with Crippen molar-refractivity contribution >= 4 is 18.0 Å². The first-order valence-electron chi connectivity index (χ1n) is 11.1. The van der Waals surface area contributed by atoms with Gasteiger partial charge in [-0.25, -0.2) is 4.79 Å². The number of hydrogen-bond acceptors (Lipinski definition) is 5. The lowest BCUT2D eigenvalue weighted by atomic mass is 9.98. The molecule has 8 heteroatoms. The van der Waals surface area contributed by atoms with Crippen LogP contribution in [0, 0.1) is 0 Å². The van der Waals surface area contributed by atoms with Crippen molar-refractivity contribution in [3.8, 4) is 11.1 Å². The van der Waals surface area contributed by atoms with Gasteiger partial charge in [-0.2, -0.15) is 0 Å². The zero-order chi connectivity index (χ0) is 23.8. The first kappa shape index (κ1) is 24.3. The Hall–Kier alpha value is -3.39. The Bertz CT molecular complexity index is 941. The molecule has 0 radical (unpaired) electrons. The predicted octanol–water partition coefficient (Wildman–Crippen LogP) is 3.30. The number of alkyl carbamates (subject to hydrolysis) is 1. The molecule has 2 aromatic rings. The molecule has 3 N–H and O–H groups in total. The monoisotopic (exact) mass is 454 g/mol. The van der Waals surface area contributed by atoms with Crippen LogP contribution in [0.1, 0.15) is 43.2 Å². The lowest BCUT2D eigenvalue weighted by molar-refractivity contribution is -0.140. The highest BCUT2D eigenvalue weighted by molar-refractivity contribution is 5.89. The van der Waals surface area contributed by atoms with Crippen molar-refractivity contribution < 1.29 is 29.0 Å². The molecule has 176 valence electrons. The number of carboxylic acid groups (broad SMARTS) is 1. The van der Waals surface area contributed by atoms with Crippen LogP contribution in [-0.4, -0.2) is 55.5 Å².